The lowest BCUT2D eigenvalue weighted by Gasteiger charge is -2.07. The molecule has 0 saturated heterocycles. The number of carbonyl (C=O) groups excluding carboxylic acids is 1. The van der Waals surface area contributed by atoms with Crippen LogP contribution >= 0.6 is 0 Å². The van der Waals surface area contributed by atoms with Crippen LogP contribution in [0.1, 0.15) is 5.56 Å². The quantitative estimate of drug-likeness (QED) is 0.432. The van der Waals surface area contributed by atoms with Gasteiger partial charge in [0, 0.05) is 5.56 Å². The van der Waals surface area contributed by atoms with Crippen LogP contribution in [0.3, 0.4) is 0 Å². The van der Waals surface area contributed by atoms with E-state index < -0.39 is 0 Å². The van der Waals surface area contributed by atoms with Gasteiger partial charge in [-0.25, -0.2) is 0 Å². The summed E-state index contributed by atoms with van der Waals surface area (Å²) in [6.07, 6.45) is 3.36. The van der Waals surface area contributed by atoms with E-state index in [1.54, 1.807) is 0 Å². The van der Waals surface area contributed by atoms with Crippen molar-refractivity contribution in [3.05, 3.63) is 23.8 Å². The molecule has 0 fully saturated rings. The van der Waals surface area contributed by atoms with Crippen molar-refractivity contribution in [3.63, 3.8) is 0 Å². The van der Waals surface area contributed by atoms with Gasteiger partial charge in [0.2, 0.25) is 5.75 Å². The Labute approximate surface area is 81.1 Å². The number of carbonyl (C=O) groups is 1. The van der Waals surface area contributed by atoms with Gasteiger partial charge in [0.15, 0.2) is 11.5 Å². The van der Waals surface area contributed by atoms with Gasteiger partial charge in [0.25, 0.3) is 0 Å². The molecular formula is C10H10O4. The fourth-order valence-electron chi connectivity index (χ4n) is 1.07. The van der Waals surface area contributed by atoms with Crippen molar-refractivity contribution >= 4 is 12.4 Å². The van der Waals surface area contributed by atoms with Gasteiger partial charge >= 0.3 is 0 Å². The predicted molar refractivity (Wildman–Crippen MR) is 51.4 cm³/mol. The summed E-state index contributed by atoms with van der Waals surface area (Å²) < 4.78 is 4.88. The third-order valence-electron chi connectivity index (χ3n) is 1.70. The third kappa shape index (κ3) is 1.85. The van der Waals surface area contributed by atoms with E-state index in [4.69, 9.17) is 9.84 Å². The summed E-state index contributed by atoms with van der Waals surface area (Å²) in [5.74, 6) is -0.450. The van der Waals surface area contributed by atoms with E-state index in [9.17, 15) is 9.90 Å². The monoisotopic (exact) mass is 194 g/mol. The van der Waals surface area contributed by atoms with Crippen LogP contribution in [0.4, 0.5) is 0 Å². The number of hydrogen-bond acceptors (Lipinski definition) is 4. The molecule has 0 aliphatic rings. The molecule has 0 atom stereocenters. The molecule has 1 aromatic carbocycles. The molecule has 0 aromatic heterocycles. The van der Waals surface area contributed by atoms with Gasteiger partial charge in [0.1, 0.15) is 6.29 Å². The fourth-order valence-corrected chi connectivity index (χ4v) is 1.07. The Hall–Kier alpha value is -1.97. The highest BCUT2D eigenvalue weighted by Crippen LogP contribution is 2.38. The van der Waals surface area contributed by atoms with E-state index in [1.165, 1.54) is 31.4 Å². The molecule has 0 bridgehead atoms. The lowest BCUT2D eigenvalue weighted by molar-refractivity contribution is -0.104. The molecule has 0 spiro atoms. The Morgan fingerprint density at radius 1 is 1.36 bits per heavy atom. The molecule has 4 heteroatoms. The summed E-state index contributed by atoms with van der Waals surface area (Å²) in [7, 11) is 1.37. The van der Waals surface area contributed by atoms with Crippen LogP contribution in [0.25, 0.3) is 6.08 Å². The zero-order chi connectivity index (χ0) is 10.6. The number of phenols is 2. The van der Waals surface area contributed by atoms with Crippen LogP contribution in [0, 0.1) is 0 Å². The fraction of sp³-hybridized carbons (Fsp3) is 0.100. The van der Waals surface area contributed by atoms with Gasteiger partial charge < -0.3 is 14.9 Å². The minimum Gasteiger partial charge on any atom is -0.504 e. The number of rotatable bonds is 3. The molecule has 2 N–H and O–H groups in total. The third-order valence-corrected chi connectivity index (χ3v) is 1.70. The molecule has 0 amide bonds. The van der Waals surface area contributed by atoms with Crippen LogP contribution in [0.5, 0.6) is 17.2 Å². The van der Waals surface area contributed by atoms with E-state index in [0.717, 1.165) is 0 Å². The molecule has 1 aromatic rings. The summed E-state index contributed by atoms with van der Waals surface area (Å²) in [6.45, 7) is 0. The second kappa shape index (κ2) is 4.32. The second-order valence-corrected chi connectivity index (χ2v) is 2.55. The summed E-state index contributed by atoms with van der Waals surface area (Å²) in [4.78, 5) is 10.1. The number of benzene rings is 1. The number of aromatic hydroxyl groups is 2. The van der Waals surface area contributed by atoms with Gasteiger partial charge in [0.05, 0.1) is 7.11 Å². The Morgan fingerprint density at radius 3 is 2.64 bits per heavy atom. The molecule has 0 radical (unpaired) electrons. The molecule has 14 heavy (non-hydrogen) atoms. The number of hydrogen-bond donors (Lipinski definition) is 2. The first-order chi connectivity index (χ1) is 6.70. The van der Waals surface area contributed by atoms with E-state index in [1.807, 2.05) is 0 Å². The number of allylic oxidation sites excluding steroid dienone is 1. The highest BCUT2D eigenvalue weighted by Gasteiger charge is 2.10. The van der Waals surface area contributed by atoms with Crippen molar-refractivity contribution in [2.75, 3.05) is 7.11 Å². The van der Waals surface area contributed by atoms with Crippen LogP contribution < -0.4 is 4.74 Å². The highest BCUT2D eigenvalue weighted by molar-refractivity contribution is 5.77. The van der Waals surface area contributed by atoms with E-state index in [-0.39, 0.29) is 17.2 Å². The van der Waals surface area contributed by atoms with Crippen LogP contribution in [-0.4, -0.2) is 23.6 Å². The van der Waals surface area contributed by atoms with Crippen molar-refractivity contribution in [1.29, 1.82) is 0 Å². The Bertz CT molecular complexity index is 369. The van der Waals surface area contributed by atoms with Gasteiger partial charge in [-0.15, -0.1) is 0 Å². The molecular weight excluding hydrogens is 184 g/mol. The maximum absolute atomic E-state index is 10.1. The lowest BCUT2D eigenvalue weighted by atomic mass is 10.1. The predicted octanol–water partition coefficient (Wildman–Crippen LogP) is 1.32. The average molecular weight is 194 g/mol. The zero-order valence-corrected chi connectivity index (χ0v) is 7.60. The van der Waals surface area contributed by atoms with Crippen LogP contribution in [-0.2, 0) is 4.79 Å². The largest absolute Gasteiger partial charge is 0.504 e. The summed E-state index contributed by atoms with van der Waals surface area (Å²) in [5, 5.41) is 18.5. The van der Waals surface area contributed by atoms with Gasteiger partial charge in [-0.05, 0) is 24.3 Å². The minimum atomic E-state index is -0.333. The maximum atomic E-state index is 10.1. The van der Waals surface area contributed by atoms with E-state index >= 15 is 0 Å². The van der Waals surface area contributed by atoms with E-state index in [0.29, 0.717) is 11.8 Å². The molecule has 0 aliphatic heterocycles. The second-order valence-electron chi connectivity index (χ2n) is 2.55. The number of aldehydes is 1. The standard InChI is InChI=1S/C10H10O4/c1-14-10-7(3-2-6-11)4-5-8(12)9(10)13/h2-6,12-13H,1H3/b3-2+. The molecule has 4 nitrogen and oxygen atoms in total. The Balaban J connectivity index is 3.23. The van der Waals surface area contributed by atoms with Crippen molar-refractivity contribution < 1.29 is 19.7 Å². The molecule has 1 rings (SSSR count). The Kier molecular flexibility index (Phi) is 3.12. The minimum absolute atomic E-state index is 0.142. The molecule has 0 unspecified atom stereocenters. The van der Waals surface area contributed by atoms with Crippen molar-refractivity contribution in [3.8, 4) is 17.2 Å². The first-order valence-electron chi connectivity index (χ1n) is 3.91. The van der Waals surface area contributed by atoms with Crippen molar-refractivity contribution in [2.45, 2.75) is 0 Å². The molecule has 0 saturated carbocycles. The number of methoxy groups -OCH3 is 1. The zero-order valence-electron chi connectivity index (χ0n) is 7.60. The van der Waals surface area contributed by atoms with Crippen molar-refractivity contribution in [2.24, 2.45) is 0 Å². The number of phenolic OH excluding ortho intramolecular Hbond substituents is 2. The number of ether oxygens (including phenoxy) is 1. The van der Waals surface area contributed by atoms with Crippen molar-refractivity contribution in [1.82, 2.24) is 0 Å². The maximum Gasteiger partial charge on any atom is 0.201 e. The Morgan fingerprint density at radius 2 is 2.07 bits per heavy atom. The highest BCUT2D eigenvalue weighted by atomic mass is 16.5. The van der Waals surface area contributed by atoms with Crippen LogP contribution in [0.15, 0.2) is 18.2 Å². The molecule has 74 valence electrons. The SMILES string of the molecule is COc1c(/C=C/C=O)ccc(O)c1O. The van der Waals surface area contributed by atoms with Gasteiger partial charge in [-0.1, -0.05) is 0 Å². The first kappa shape index (κ1) is 10.1. The molecule has 0 heterocycles. The lowest BCUT2D eigenvalue weighted by Crippen LogP contribution is -1.87. The normalized spacial score (nSPS) is 10.4. The summed E-state index contributed by atoms with van der Waals surface area (Å²) in [5.41, 5.74) is 0.523. The average Bonchev–Trinajstić information content (AvgIpc) is 2.20. The molecule has 0 aliphatic carbocycles. The summed E-state index contributed by atoms with van der Waals surface area (Å²) in [6, 6.07) is 2.86. The first-order valence-corrected chi connectivity index (χ1v) is 3.91. The van der Waals surface area contributed by atoms with Gasteiger partial charge in [-0.2, -0.15) is 0 Å². The summed E-state index contributed by atoms with van der Waals surface area (Å²) >= 11 is 0. The topological polar surface area (TPSA) is 66.8 Å². The van der Waals surface area contributed by atoms with Crippen LogP contribution in [0.2, 0.25) is 0 Å². The van der Waals surface area contributed by atoms with Gasteiger partial charge in [-0.3, -0.25) is 4.79 Å². The smallest absolute Gasteiger partial charge is 0.201 e. The van der Waals surface area contributed by atoms with E-state index in [2.05, 4.69) is 0 Å².